The summed E-state index contributed by atoms with van der Waals surface area (Å²) in [6, 6.07) is 7.20. The molecule has 0 aliphatic rings. The van der Waals surface area contributed by atoms with Crippen LogP contribution in [0.15, 0.2) is 34.9 Å². The van der Waals surface area contributed by atoms with E-state index in [0.717, 1.165) is 4.47 Å². The van der Waals surface area contributed by atoms with Crippen LogP contribution in [-0.4, -0.2) is 17.6 Å². The smallest absolute Gasteiger partial charge is 0.272 e. The van der Waals surface area contributed by atoms with Gasteiger partial charge < -0.3 is 20.4 Å². The number of nitrogens with one attached hydrogen (secondary N) is 1. The van der Waals surface area contributed by atoms with Crippen LogP contribution in [0.1, 0.15) is 30.4 Å². The van der Waals surface area contributed by atoms with Gasteiger partial charge in [-0.05, 0) is 54.0 Å². The van der Waals surface area contributed by atoms with Gasteiger partial charge in [0.15, 0.2) is 0 Å². The summed E-state index contributed by atoms with van der Waals surface area (Å²) in [6.45, 7) is 4.00. The van der Waals surface area contributed by atoms with E-state index in [2.05, 4.69) is 21.2 Å². The maximum Gasteiger partial charge on any atom is 0.272 e. The van der Waals surface area contributed by atoms with Gasteiger partial charge in [-0.2, -0.15) is 0 Å². The highest BCUT2D eigenvalue weighted by atomic mass is 79.9. The van der Waals surface area contributed by atoms with Crippen LogP contribution in [0.2, 0.25) is 0 Å². The minimum absolute atomic E-state index is 0.158. The monoisotopic (exact) mass is 351 g/mol. The van der Waals surface area contributed by atoms with Gasteiger partial charge in [-0.15, -0.1) is 0 Å². The third-order valence-electron chi connectivity index (χ3n) is 3.07. The molecule has 1 aromatic heterocycles. The lowest BCUT2D eigenvalue weighted by Crippen LogP contribution is -2.17. The highest BCUT2D eigenvalue weighted by Gasteiger charge is 2.15. The Morgan fingerprint density at radius 1 is 1.38 bits per heavy atom. The molecule has 0 bridgehead atoms. The van der Waals surface area contributed by atoms with Gasteiger partial charge in [0.1, 0.15) is 11.4 Å². The second kappa shape index (κ2) is 6.22. The molecule has 0 saturated carbocycles. The lowest BCUT2D eigenvalue weighted by atomic mass is 10.2. The Morgan fingerprint density at radius 2 is 2.10 bits per heavy atom. The standard InChI is InChI=1S/C15H18BrN3O2/c1-9(2)19-8-10(17)6-13(19)15(20)18-11-4-5-14(21-3)12(16)7-11/h4-9H,17H2,1-3H3,(H,18,20). The summed E-state index contributed by atoms with van der Waals surface area (Å²) in [4.78, 5) is 12.4. The molecule has 2 aromatic rings. The van der Waals surface area contributed by atoms with Crippen LogP contribution in [0.3, 0.4) is 0 Å². The molecule has 1 aromatic carbocycles. The van der Waals surface area contributed by atoms with E-state index in [4.69, 9.17) is 10.5 Å². The number of carbonyl (C=O) groups is 1. The second-order valence-electron chi connectivity index (χ2n) is 4.96. The van der Waals surface area contributed by atoms with E-state index in [-0.39, 0.29) is 11.9 Å². The number of ether oxygens (including phenoxy) is 1. The fourth-order valence-electron chi connectivity index (χ4n) is 2.05. The van der Waals surface area contributed by atoms with Crippen molar-refractivity contribution in [2.24, 2.45) is 0 Å². The number of amides is 1. The number of hydrogen-bond donors (Lipinski definition) is 2. The number of aromatic nitrogens is 1. The van der Waals surface area contributed by atoms with Gasteiger partial charge in [-0.1, -0.05) is 0 Å². The molecule has 0 fully saturated rings. The first-order chi connectivity index (χ1) is 9.92. The summed E-state index contributed by atoms with van der Waals surface area (Å²) < 4.78 is 7.79. The molecule has 0 atom stereocenters. The van der Waals surface area contributed by atoms with Crippen LogP contribution < -0.4 is 15.8 Å². The van der Waals surface area contributed by atoms with Crippen molar-refractivity contribution < 1.29 is 9.53 Å². The summed E-state index contributed by atoms with van der Waals surface area (Å²) in [5.41, 5.74) is 7.58. The highest BCUT2D eigenvalue weighted by Crippen LogP contribution is 2.28. The van der Waals surface area contributed by atoms with Crippen molar-refractivity contribution in [1.82, 2.24) is 4.57 Å². The highest BCUT2D eigenvalue weighted by molar-refractivity contribution is 9.10. The van der Waals surface area contributed by atoms with Crippen LogP contribution in [-0.2, 0) is 0 Å². The minimum Gasteiger partial charge on any atom is -0.496 e. The molecule has 5 nitrogen and oxygen atoms in total. The maximum absolute atomic E-state index is 12.4. The lowest BCUT2D eigenvalue weighted by Gasteiger charge is -2.13. The van der Waals surface area contributed by atoms with Crippen molar-refractivity contribution in [3.05, 3.63) is 40.6 Å². The molecule has 0 aliphatic carbocycles. The van der Waals surface area contributed by atoms with E-state index in [0.29, 0.717) is 22.8 Å². The van der Waals surface area contributed by atoms with Crippen molar-refractivity contribution in [3.8, 4) is 5.75 Å². The summed E-state index contributed by atoms with van der Waals surface area (Å²) >= 11 is 3.39. The van der Waals surface area contributed by atoms with Gasteiger partial charge in [0.25, 0.3) is 5.91 Å². The Labute approximate surface area is 132 Å². The number of carbonyl (C=O) groups excluding carboxylic acids is 1. The predicted molar refractivity (Wildman–Crippen MR) is 87.9 cm³/mol. The van der Waals surface area contributed by atoms with E-state index >= 15 is 0 Å². The molecule has 21 heavy (non-hydrogen) atoms. The predicted octanol–water partition coefficient (Wildman–Crippen LogP) is 3.67. The third-order valence-corrected chi connectivity index (χ3v) is 3.69. The SMILES string of the molecule is COc1ccc(NC(=O)c2cc(N)cn2C(C)C)cc1Br. The maximum atomic E-state index is 12.4. The zero-order valence-corrected chi connectivity index (χ0v) is 13.8. The summed E-state index contributed by atoms with van der Waals surface area (Å²) in [7, 11) is 1.59. The van der Waals surface area contributed by atoms with Gasteiger partial charge in [-0.3, -0.25) is 4.79 Å². The number of methoxy groups -OCH3 is 1. The van der Waals surface area contributed by atoms with Crippen molar-refractivity contribution >= 4 is 33.2 Å². The van der Waals surface area contributed by atoms with E-state index in [1.807, 2.05) is 18.4 Å². The molecule has 3 N–H and O–H groups in total. The summed E-state index contributed by atoms with van der Waals surface area (Å²) in [6.07, 6.45) is 1.77. The molecule has 0 radical (unpaired) electrons. The summed E-state index contributed by atoms with van der Waals surface area (Å²) in [5.74, 6) is 0.514. The van der Waals surface area contributed by atoms with Crippen molar-refractivity contribution in [1.29, 1.82) is 0 Å². The quantitative estimate of drug-likeness (QED) is 0.882. The van der Waals surface area contributed by atoms with Crippen LogP contribution >= 0.6 is 15.9 Å². The Bertz CT molecular complexity index is 665. The molecular weight excluding hydrogens is 334 g/mol. The fourth-order valence-corrected chi connectivity index (χ4v) is 2.59. The Hall–Kier alpha value is -1.95. The number of hydrogen-bond acceptors (Lipinski definition) is 3. The topological polar surface area (TPSA) is 69.3 Å². The fraction of sp³-hybridized carbons (Fsp3) is 0.267. The first-order valence-electron chi connectivity index (χ1n) is 6.54. The first kappa shape index (κ1) is 15.4. The largest absolute Gasteiger partial charge is 0.496 e. The van der Waals surface area contributed by atoms with Gasteiger partial charge in [0.05, 0.1) is 17.3 Å². The molecule has 0 saturated heterocycles. The molecule has 0 spiro atoms. The first-order valence-corrected chi connectivity index (χ1v) is 7.34. The Kier molecular flexibility index (Phi) is 4.57. The van der Waals surface area contributed by atoms with Gasteiger partial charge >= 0.3 is 0 Å². The number of anilines is 2. The number of nitrogens with zero attached hydrogens (tertiary/aromatic N) is 1. The van der Waals surface area contributed by atoms with Crippen LogP contribution in [0.4, 0.5) is 11.4 Å². The molecule has 0 aliphatic heterocycles. The van der Waals surface area contributed by atoms with Crippen molar-refractivity contribution in [2.75, 3.05) is 18.2 Å². The Morgan fingerprint density at radius 3 is 2.67 bits per heavy atom. The molecular formula is C15H18BrN3O2. The van der Waals surface area contributed by atoms with Gasteiger partial charge in [-0.25, -0.2) is 0 Å². The number of rotatable bonds is 4. The Balaban J connectivity index is 2.24. The zero-order valence-electron chi connectivity index (χ0n) is 12.2. The van der Waals surface area contributed by atoms with Crippen molar-refractivity contribution in [3.63, 3.8) is 0 Å². The zero-order chi connectivity index (χ0) is 15.6. The number of halogens is 1. The molecule has 0 unspecified atom stereocenters. The second-order valence-corrected chi connectivity index (χ2v) is 5.82. The van der Waals surface area contributed by atoms with E-state index in [1.54, 1.807) is 37.6 Å². The minimum atomic E-state index is -0.197. The van der Waals surface area contributed by atoms with E-state index < -0.39 is 0 Å². The normalized spacial score (nSPS) is 10.7. The van der Waals surface area contributed by atoms with Crippen LogP contribution in [0.5, 0.6) is 5.75 Å². The van der Waals surface area contributed by atoms with Crippen LogP contribution in [0, 0.1) is 0 Å². The van der Waals surface area contributed by atoms with Crippen molar-refractivity contribution in [2.45, 2.75) is 19.9 Å². The van der Waals surface area contributed by atoms with Gasteiger partial charge in [0.2, 0.25) is 0 Å². The number of nitrogens with two attached hydrogens (primary N) is 1. The molecule has 1 amide bonds. The number of nitrogen functional groups attached to an aromatic ring is 1. The summed E-state index contributed by atoms with van der Waals surface area (Å²) in [5, 5.41) is 2.86. The molecule has 1 heterocycles. The lowest BCUT2D eigenvalue weighted by molar-refractivity contribution is 0.101. The van der Waals surface area contributed by atoms with Gasteiger partial charge in [0, 0.05) is 17.9 Å². The third kappa shape index (κ3) is 3.39. The average Bonchev–Trinajstić information content (AvgIpc) is 2.81. The average molecular weight is 352 g/mol. The van der Waals surface area contributed by atoms with E-state index in [9.17, 15) is 4.79 Å². The van der Waals surface area contributed by atoms with Crippen LogP contribution in [0.25, 0.3) is 0 Å². The number of benzene rings is 1. The molecule has 6 heteroatoms. The molecule has 2 rings (SSSR count). The molecule has 112 valence electrons. The van der Waals surface area contributed by atoms with E-state index in [1.165, 1.54) is 0 Å².